The first-order chi connectivity index (χ1) is 15.5. The van der Waals surface area contributed by atoms with Crippen LogP contribution in [-0.2, 0) is 0 Å². The minimum atomic E-state index is -0.00154. The van der Waals surface area contributed by atoms with Gasteiger partial charge in [0.2, 0.25) is 0 Å². The highest BCUT2D eigenvalue weighted by molar-refractivity contribution is 6.09. The average Bonchev–Trinajstić information content (AvgIpc) is 2.83. The van der Waals surface area contributed by atoms with Gasteiger partial charge in [-0.25, -0.2) is 0 Å². The van der Waals surface area contributed by atoms with Gasteiger partial charge < -0.3 is 0 Å². The Labute approximate surface area is 188 Å². The van der Waals surface area contributed by atoms with Crippen LogP contribution in [0.5, 0.6) is 0 Å². The Bertz CT molecular complexity index is 1210. The first-order valence-electron chi connectivity index (χ1n) is 10.4. The number of benzene rings is 4. The van der Waals surface area contributed by atoms with Gasteiger partial charge in [0.25, 0.3) is 0 Å². The number of hydrogen-bond acceptors (Lipinski definition) is 2. The monoisotopic (exact) mass is 414 g/mol. The SMILES string of the molecule is Cc1ccc(C(=O)c2ccc(C#Cc3ccc(C(=O)c4ccc(C)cc4)cc3)cc2)cc1. The van der Waals surface area contributed by atoms with Crippen molar-refractivity contribution in [2.75, 3.05) is 0 Å². The van der Waals surface area contributed by atoms with Gasteiger partial charge in [-0.2, -0.15) is 0 Å². The Morgan fingerprint density at radius 1 is 0.438 bits per heavy atom. The molecule has 0 atom stereocenters. The highest BCUT2D eigenvalue weighted by Gasteiger charge is 2.09. The molecule has 0 heterocycles. The van der Waals surface area contributed by atoms with Crippen molar-refractivity contribution in [1.29, 1.82) is 0 Å². The lowest BCUT2D eigenvalue weighted by Crippen LogP contribution is -2.01. The zero-order valence-corrected chi connectivity index (χ0v) is 18.1. The lowest BCUT2D eigenvalue weighted by molar-refractivity contribution is 0.103. The van der Waals surface area contributed by atoms with E-state index in [-0.39, 0.29) is 11.6 Å². The van der Waals surface area contributed by atoms with E-state index >= 15 is 0 Å². The molecule has 0 bridgehead atoms. The Balaban J connectivity index is 1.45. The summed E-state index contributed by atoms with van der Waals surface area (Å²) in [6.07, 6.45) is 0. The van der Waals surface area contributed by atoms with Crippen LogP contribution < -0.4 is 0 Å². The maximum Gasteiger partial charge on any atom is 0.193 e. The number of aryl methyl sites for hydroxylation is 2. The molecule has 0 saturated heterocycles. The molecule has 4 rings (SSSR count). The van der Waals surface area contributed by atoms with Gasteiger partial charge in [0, 0.05) is 33.4 Å². The second kappa shape index (κ2) is 9.29. The number of ketones is 2. The third-order valence-corrected chi connectivity index (χ3v) is 5.27. The van der Waals surface area contributed by atoms with Gasteiger partial charge in [-0.05, 0) is 62.4 Å². The zero-order chi connectivity index (χ0) is 22.5. The Hall–Kier alpha value is -4.22. The van der Waals surface area contributed by atoms with Crippen LogP contribution in [0.3, 0.4) is 0 Å². The molecule has 154 valence electrons. The van der Waals surface area contributed by atoms with Crippen LogP contribution in [-0.4, -0.2) is 11.6 Å². The summed E-state index contributed by atoms with van der Waals surface area (Å²) >= 11 is 0. The smallest absolute Gasteiger partial charge is 0.193 e. The number of carbonyl (C=O) groups is 2. The van der Waals surface area contributed by atoms with Gasteiger partial charge in [0.05, 0.1) is 0 Å². The molecule has 4 aromatic carbocycles. The normalized spacial score (nSPS) is 10.2. The summed E-state index contributed by atoms with van der Waals surface area (Å²) < 4.78 is 0. The van der Waals surface area contributed by atoms with E-state index in [0.29, 0.717) is 22.3 Å². The highest BCUT2D eigenvalue weighted by atomic mass is 16.1. The first-order valence-corrected chi connectivity index (χ1v) is 10.4. The van der Waals surface area contributed by atoms with Crippen LogP contribution in [0.25, 0.3) is 0 Å². The molecule has 0 aliphatic heterocycles. The van der Waals surface area contributed by atoms with Gasteiger partial charge in [-0.1, -0.05) is 71.5 Å². The molecule has 0 unspecified atom stereocenters. The molecular weight excluding hydrogens is 392 g/mol. The van der Waals surface area contributed by atoms with Crippen molar-refractivity contribution in [3.63, 3.8) is 0 Å². The third-order valence-electron chi connectivity index (χ3n) is 5.27. The zero-order valence-electron chi connectivity index (χ0n) is 18.1. The van der Waals surface area contributed by atoms with Gasteiger partial charge in [-0.15, -0.1) is 0 Å². The molecule has 0 radical (unpaired) electrons. The van der Waals surface area contributed by atoms with Crippen LogP contribution >= 0.6 is 0 Å². The van der Waals surface area contributed by atoms with E-state index in [0.717, 1.165) is 22.3 Å². The molecule has 2 nitrogen and oxygen atoms in total. The molecule has 0 saturated carbocycles. The second-order valence-corrected chi connectivity index (χ2v) is 7.79. The van der Waals surface area contributed by atoms with Crippen LogP contribution in [0.1, 0.15) is 54.1 Å². The fraction of sp³-hybridized carbons (Fsp3) is 0.0667. The fourth-order valence-electron chi connectivity index (χ4n) is 3.30. The predicted molar refractivity (Wildman–Crippen MR) is 128 cm³/mol. The van der Waals surface area contributed by atoms with Crippen LogP contribution in [0.2, 0.25) is 0 Å². The molecule has 32 heavy (non-hydrogen) atoms. The average molecular weight is 415 g/mol. The minimum Gasteiger partial charge on any atom is -0.289 e. The molecule has 2 heteroatoms. The van der Waals surface area contributed by atoms with E-state index in [9.17, 15) is 9.59 Å². The van der Waals surface area contributed by atoms with Gasteiger partial charge >= 0.3 is 0 Å². The molecule has 0 amide bonds. The number of rotatable bonds is 4. The summed E-state index contributed by atoms with van der Waals surface area (Å²) in [5.41, 5.74) is 6.52. The van der Waals surface area contributed by atoms with E-state index in [1.165, 1.54) is 0 Å². The summed E-state index contributed by atoms with van der Waals surface area (Å²) in [6, 6.07) is 29.7. The van der Waals surface area contributed by atoms with E-state index in [2.05, 4.69) is 11.8 Å². The lowest BCUT2D eigenvalue weighted by Gasteiger charge is -2.02. The molecule has 0 aromatic heterocycles. The van der Waals surface area contributed by atoms with E-state index in [4.69, 9.17) is 0 Å². The molecule has 4 aromatic rings. The van der Waals surface area contributed by atoms with Gasteiger partial charge in [0.1, 0.15) is 0 Å². The second-order valence-electron chi connectivity index (χ2n) is 7.79. The summed E-state index contributed by atoms with van der Waals surface area (Å²) in [7, 11) is 0. The van der Waals surface area contributed by atoms with Crippen molar-refractivity contribution in [1.82, 2.24) is 0 Å². The summed E-state index contributed by atoms with van der Waals surface area (Å²) in [5, 5.41) is 0. The Morgan fingerprint density at radius 2 is 0.688 bits per heavy atom. The standard InChI is InChI=1S/C30H22O2/c1-21-3-13-25(14-4-21)29(31)27-17-9-23(10-18-27)7-8-24-11-19-28(20-12-24)30(32)26-15-5-22(2)6-16-26/h3-6,9-20H,1-2H3. The quantitative estimate of drug-likeness (QED) is 0.296. The summed E-state index contributed by atoms with van der Waals surface area (Å²) in [6.45, 7) is 3.99. The van der Waals surface area contributed by atoms with Crippen molar-refractivity contribution < 1.29 is 9.59 Å². The fourth-order valence-corrected chi connectivity index (χ4v) is 3.30. The van der Waals surface area contributed by atoms with Crippen LogP contribution in [0.4, 0.5) is 0 Å². The van der Waals surface area contributed by atoms with Crippen molar-refractivity contribution in [2.45, 2.75) is 13.8 Å². The molecule has 0 spiro atoms. The number of carbonyl (C=O) groups excluding carboxylic acids is 2. The molecular formula is C30H22O2. The third kappa shape index (κ3) is 4.91. The van der Waals surface area contributed by atoms with Gasteiger partial charge in [-0.3, -0.25) is 9.59 Å². The molecule has 0 aliphatic rings. The van der Waals surface area contributed by atoms with Gasteiger partial charge in [0.15, 0.2) is 11.6 Å². The Kier molecular flexibility index (Phi) is 6.10. The summed E-state index contributed by atoms with van der Waals surface area (Å²) in [5.74, 6) is 6.23. The predicted octanol–water partition coefficient (Wildman–Crippen LogP) is 6.17. The first kappa shape index (κ1) is 21.0. The Morgan fingerprint density at radius 3 is 0.969 bits per heavy atom. The topological polar surface area (TPSA) is 34.1 Å². The summed E-state index contributed by atoms with van der Waals surface area (Å²) in [4.78, 5) is 25.2. The lowest BCUT2D eigenvalue weighted by atomic mass is 10.0. The van der Waals surface area contributed by atoms with Crippen molar-refractivity contribution >= 4 is 11.6 Å². The van der Waals surface area contributed by atoms with Crippen molar-refractivity contribution in [3.05, 3.63) is 142 Å². The number of hydrogen-bond donors (Lipinski definition) is 0. The maximum absolute atomic E-state index is 12.6. The minimum absolute atomic E-state index is 0.00154. The molecule has 0 fully saturated rings. The van der Waals surface area contributed by atoms with Crippen molar-refractivity contribution in [3.8, 4) is 11.8 Å². The van der Waals surface area contributed by atoms with Crippen LogP contribution in [0.15, 0.2) is 97.1 Å². The molecule has 0 aliphatic carbocycles. The maximum atomic E-state index is 12.6. The van der Waals surface area contributed by atoms with E-state index < -0.39 is 0 Å². The highest BCUT2D eigenvalue weighted by Crippen LogP contribution is 2.14. The van der Waals surface area contributed by atoms with Crippen LogP contribution in [0, 0.1) is 25.7 Å². The van der Waals surface area contributed by atoms with E-state index in [1.807, 2.05) is 86.6 Å². The van der Waals surface area contributed by atoms with Crippen molar-refractivity contribution in [2.24, 2.45) is 0 Å². The largest absolute Gasteiger partial charge is 0.289 e. The van der Waals surface area contributed by atoms with E-state index in [1.54, 1.807) is 24.3 Å². The molecule has 0 N–H and O–H groups in total.